The van der Waals surface area contributed by atoms with Crippen molar-refractivity contribution in [3.63, 3.8) is 0 Å². The van der Waals surface area contributed by atoms with Crippen LogP contribution in [-0.2, 0) is 11.3 Å². The number of benzene rings is 2. The third-order valence-corrected chi connectivity index (χ3v) is 5.76. The summed E-state index contributed by atoms with van der Waals surface area (Å²) in [7, 11) is 0. The lowest BCUT2D eigenvalue weighted by Crippen LogP contribution is -2.34. The van der Waals surface area contributed by atoms with Gasteiger partial charge in [0, 0.05) is 11.3 Å². The summed E-state index contributed by atoms with van der Waals surface area (Å²) in [5.74, 6) is -0.0338. The predicted molar refractivity (Wildman–Crippen MR) is 110 cm³/mol. The van der Waals surface area contributed by atoms with Crippen molar-refractivity contribution in [1.29, 1.82) is 0 Å². The van der Waals surface area contributed by atoms with Crippen LogP contribution in [0.25, 0.3) is 0 Å². The number of carbonyl (C=O) groups is 2. The predicted octanol–water partition coefficient (Wildman–Crippen LogP) is 4.62. The highest BCUT2D eigenvalue weighted by Gasteiger charge is 2.27. The Kier molecular flexibility index (Phi) is 5.31. The lowest BCUT2D eigenvalue weighted by atomic mass is 10.1. The first kappa shape index (κ1) is 19.1. The Hall–Kier alpha value is -3.19. The molecule has 5 nitrogen and oxygen atoms in total. The highest BCUT2D eigenvalue weighted by molar-refractivity contribution is 7.12. The number of halogens is 1. The minimum absolute atomic E-state index is 0.0700. The summed E-state index contributed by atoms with van der Waals surface area (Å²) in [5, 5.41) is 4.73. The Morgan fingerprint density at radius 3 is 2.72 bits per heavy atom. The zero-order valence-corrected chi connectivity index (χ0v) is 16.5. The molecule has 3 aromatic rings. The first-order valence-electron chi connectivity index (χ1n) is 9.17. The van der Waals surface area contributed by atoms with E-state index >= 15 is 0 Å². The van der Waals surface area contributed by atoms with Gasteiger partial charge in [-0.15, -0.1) is 11.3 Å². The number of fused-ring (bicyclic) bond motifs is 1. The first-order chi connectivity index (χ1) is 14.0. The molecule has 2 aromatic carbocycles. The van der Waals surface area contributed by atoms with E-state index in [0.29, 0.717) is 22.9 Å². The molecule has 29 heavy (non-hydrogen) atoms. The maximum absolute atomic E-state index is 13.2. The van der Waals surface area contributed by atoms with Crippen molar-refractivity contribution in [2.75, 3.05) is 11.9 Å². The van der Waals surface area contributed by atoms with Gasteiger partial charge in [-0.25, -0.2) is 4.39 Å². The molecule has 1 aliphatic rings. The molecule has 0 bridgehead atoms. The third-order valence-electron chi connectivity index (χ3n) is 4.90. The van der Waals surface area contributed by atoms with Crippen molar-refractivity contribution in [1.82, 2.24) is 4.90 Å². The normalized spacial score (nSPS) is 14.6. The average Bonchev–Trinajstić information content (AvgIpc) is 3.21. The summed E-state index contributed by atoms with van der Waals surface area (Å²) in [6, 6.07) is 14.8. The number of anilines is 1. The quantitative estimate of drug-likeness (QED) is 0.683. The van der Waals surface area contributed by atoms with Crippen LogP contribution in [0.15, 0.2) is 60.0 Å². The number of hydrogen-bond acceptors (Lipinski definition) is 4. The molecular formula is C22H19FN2O3S. The lowest BCUT2D eigenvalue weighted by Gasteiger charge is -2.28. The molecule has 0 saturated heterocycles. The number of thiophene rings is 1. The maximum atomic E-state index is 13.2. The molecule has 4 rings (SSSR count). The third kappa shape index (κ3) is 4.14. The van der Waals surface area contributed by atoms with Crippen LogP contribution < -0.4 is 10.1 Å². The Morgan fingerprint density at radius 2 is 2.00 bits per heavy atom. The van der Waals surface area contributed by atoms with E-state index in [1.54, 1.807) is 35.2 Å². The summed E-state index contributed by atoms with van der Waals surface area (Å²) in [4.78, 5) is 27.3. The van der Waals surface area contributed by atoms with Gasteiger partial charge >= 0.3 is 0 Å². The molecular weight excluding hydrogens is 391 g/mol. The Bertz CT molecular complexity index is 1030. The molecule has 1 N–H and O–H groups in total. The van der Waals surface area contributed by atoms with Crippen LogP contribution in [-0.4, -0.2) is 23.3 Å². The van der Waals surface area contributed by atoms with Crippen LogP contribution >= 0.6 is 11.3 Å². The van der Waals surface area contributed by atoms with E-state index in [0.717, 1.165) is 11.1 Å². The molecule has 1 aliphatic heterocycles. The van der Waals surface area contributed by atoms with E-state index in [1.165, 1.54) is 23.5 Å². The standard InChI is InChI=1S/C22H19FN2O3S/c1-14(15-4-6-17(23)7-5-15)25-12-16-11-18(8-9-19(16)28-13-21(25)26)24-22(27)20-3-2-10-29-20/h2-11,14H,12-13H2,1H3,(H,24,27)/t14-/m0/s1. The molecule has 0 fully saturated rings. The molecule has 0 unspecified atom stereocenters. The van der Waals surface area contributed by atoms with Gasteiger partial charge in [0.05, 0.1) is 17.5 Å². The number of rotatable bonds is 4. The maximum Gasteiger partial charge on any atom is 0.265 e. The highest BCUT2D eigenvalue weighted by atomic mass is 32.1. The lowest BCUT2D eigenvalue weighted by molar-refractivity contribution is -0.135. The molecule has 148 valence electrons. The summed E-state index contributed by atoms with van der Waals surface area (Å²) >= 11 is 1.37. The molecule has 0 aliphatic carbocycles. The van der Waals surface area contributed by atoms with Crippen molar-refractivity contribution in [2.45, 2.75) is 19.5 Å². The van der Waals surface area contributed by atoms with E-state index in [-0.39, 0.29) is 30.3 Å². The van der Waals surface area contributed by atoms with Crippen LogP contribution in [0, 0.1) is 5.82 Å². The Balaban J connectivity index is 1.57. The van der Waals surface area contributed by atoms with Crippen molar-refractivity contribution >= 4 is 28.8 Å². The first-order valence-corrected chi connectivity index (χ1v) is 10.0. The van der Waals surface area contributed by atoms with Gasteiger partial charge in [0.1, 0.15) is 11.6 Å². The SMILES string of the molecule is C[C@@H](c1ccc(F)cc1)N1Cc2cc(NC(=O)c3cccs3)ccc2OCC1=O. The second-order valence-corrected chi connectivity index (χ2v) is 7.74. The number of hydrogen-bond donors (Lipinski definition) is 1. The summed E-state index contributed by atoms with van der Waals surface area (Å²) in [6.45, 7) is 2.16. The van der Waals surface area contributed by atoms with Crippen LogP contribution in [0.3, 0.4) is 0 Å². The molecule has 1 aromatic heterocycles. The van der Waals surface area contributed by atoms with Crippen LogP contribution in [0.5, 0.6) is 5.75 Å². The van der Waals surface area contributed by atoms with E-state index in [9.17, 15) is 14.0 Å². The van der Waals surface area contributed by atoms with Crippen molar-refractivity contribution in [3.05, 3.63) is 81.8 Å². The van der Waals surface area contributed by atoms with Gasteiger partial charge in [0.25, 0.3) is 11.8 Å². The van der Waals surface area contributed by atoms with Gasteiger partial charge in [-0.1, -0.05) is 18.2 Å². The van der Waals surface area contributed by atoms with Crippen LogP contribution in [0.2, 0.25) is 0 Å². The second-order valence-electron chi connectivity index (χ2n) is 6.79. The fraction of sp³-hybridized carbons (Fsp3) is 0.182. The number of nitrogens with zero attached hydrogens (tertiary/aromatic N) is 1. The zero-order chi connectivity index (χ0) is 20.4. The molecule has 2 amide bonds. The fourth-order valence-corrected chi connectivity index (χ4v) is 3.91. The Morgan fingerprint density at radius 1 is 1.21 bits per heavy atom. The topological polar surface area (TPSA) is 58.6 Å². The van der Waals surface area contributed by atoms with Crippen molar-refractivity contribution in [2.24, 2.45) is 0 Å². The van der Waals surface area contributed by atoms with Crippen molar-refractivity contribution < 1.29 is 18.7 Å². The van der Waals surface area contributed by atoms with Gasteiger partial charge in [0.2, 0.25) is 0 Å². The molecule has 0 spiro atoms. The monoisotopic (exact) mass is 410 g/mol. The average molecular weight is 410 g/mol. The smallest absolute Gasteiger partial charge is 0.265 e. The number of ether oxygens (including phenoxy) is 1. The van der Waals surface area contributed by atoms with Gasteiger partial charge < -0.3 is 15.0 Å². The van der Waals surface area contributed by atoms with E-state index in [1.807, 2.05) is 24.4 Å². The van der Waals surface area contributed by atoms with Gasteiger partial charge in [-0.2, -0.15) is 0 Å². The molecule has 0 saturated carbocycles. The highest BCUT2D eigenvalue weighted by Crippen LogP contribution is 2.31. The Labute approximate surface area is 171 Å². The minimum atomic E-state index is -0.317. The minimum Gasteiger partial charge on any atom is -0.483 e. The number of carbonyl (C=O) groups excluding carboxylic acids is 2. The van der Waals surface area contributed by atoms with E-state index in [2.05, 4.69) is 5.32 Å². The van der Waals surface area contributed by atoms with E-state index < -0.39 is 0 Å². The summed E-state index contributed by atoms with van der Waals surface area (Å²) in [6.07, 6.45) is 0. The van der Waals surface area contributed by atoms with E-state index in [4.69, 9.17) is 4.74 Å². The van der Waals surface area contributed by atoms with Gasteiger partial charge in [-0.3, -0.25) is 9.59 Å². The molecule has 0 radical (unpaired) electrons. The van der Waals surface area contributed by atoms with Gasteiger partial charge in [0.15, 0.2) is 6.61 Å². The van der Waals surface area contributed by atoms with Gasteiger partial charge in [-0.05, 0) is 54.3 Å². The van der Waals surface area contributed by atoms with Crippen LogP contribution in [0.1, 0.15) is 33.8 Å². The van der Waals surface area contributed by atoms with Crippen molar-refractivity contribution in [3.8, 4) is 5.75 Å². The summed E-state index contributed by atoms with van der Waals surface area (Å²) in [5.41, 5.74) is 2.27. The molecule has 1 atom stereocenters. The largest absolute Gasteiger partial charge is 0.483 e. The number of amides is 2. The molecule has 2 heterocycles. The zero-order valence-electron chi connectivity index (χ0n) is 15.7. The van der Waals surface area contributed by atoms with Crippen LogP contribution in [0.4, 0.5) is 10.1 Å². The summed E-state index contributed by atoms with van der Waals surface area (Å²) < 4.78 is 18.9. The molecule has 7 heteroatoms. The second kappa shape index (κ2) is 8.05. The number of nitrogens with one attached hydrogen (secondary N) is 1. The fourth-order valence-electron chi connectivity index (χ4n) is 3.29.